The summed E-state index contributed by atoms with van der Waals surface area (Å²) >= 11 is 0. The first-order chi connectivity index (χ1) is 14.9. The van der Waals surface area contributed by atoms with Crippen LogP contribution in [0, 0.1) is 11.7 Å². The highest BCUT2D eigenvalue weighted by Crippen LogP contribution is 2.35. The van der Waals surface area contributed by atoms with Crippen LogP contribution >= 0.6 is 0 Å². The molecule has 0 aliphatic carbocycles. The average Bonchev–Trinajstić information content (AvgIpc) is 3.49. The third-order valence-electron chi connectivity index (χ3n) is 5.69. The van der Waals surface area contributed by atoms with E-state index in [2.05, 4.69) is 15.0 Å². The second-order valence-electron chi connectivity index (χ2n) is 7.51. The fourth-order valence-corrected chi connectivity index (χ4v) is 3.73. The molecule has 156 valence electrons. The molecule has 0 bridgehead atoms. The number of carboxylic acid groups (broad SMARTS) is 1. The van der Waals surface area contributed by atoms with Crippen molar-refractivity contribution in [2.75, 3.05) is 0 Å². The third-order valence-corrected chi connectivity index (χ3v) is 5.69. The van der Waals surface area contributed by atoms with E-state index in [4.69, 9.17) is 9.40 Å². The van der Waals surface area contributed by atoms with Crippen LogP contribution in [0.5, 0.6) is 0 Å². The molecule has 5 heterocycles. The highest BCUT2D eigenvalue weighted by Gasteiger charge is 2.25. The van der Waals surface area contributed by atoms with Crippen LogP contribution in [0.2, 0.25) is 0 Å². The lowest BCUT2D eigenvalue weighted by Gasteiger charge is -2.18. The average molecular weight is 419 g/mol. The molecule has 5 rings (SSSR count). The first kappa shape index (κ1) is 19.0. The predicted molar refractivity (Wildman–Crippen MR) is 112 cm³/mol. The van der Waals surface area contributed by atoms with Crippen molar-refractivity contribution in [2.24, 2.45) is 5.92 Å². The smallest absolute Gasteiger partial charge is 0.308 e. The first-order valence-corrected chi connectivity index (χ1v) is 9.70. The number of nitrogens with zero attached hydrogens (tertiary/aromatic N) is 4. The Morgan fingerprint density at radius 2 is 2.06 bits per heavy atom. The summed E-state index contributed by atoms with van der Waals surface area (Å²) in [5.41, 5.74) is 3.41. The van der Waals surface area contributed by atoms with Gasteiger partial charge in [0.1, 0.15) is 17.1 Å². The quantitative estimate of drug-likeness (QED) is 0.429. The molecule has 0 spiro atoms. The number of aliphatic carboxylic acids is 1. The summed E-state index contributed by atoms with van der Waals surface area (Å²) in [6.45, 7) is 3.50. The Labute approximate surface area is 175 Å². The number of aromatic amines is 1. The highest BCUT2D eigenvalue weighted by atomic mass is 19.1. The normalized spacial score (nSPS) is 13.6. The number of hydrogen-bond acceptors (Lipinski definition) is 5. The Hall–Kier alpha value is -4.01. The van der Waals surface area contributed by atoms with E-state index in [-0.39, 0.29) is 6.04 Å². The lowest BCUT2D eigenvalue weighted by Crippen LogP contribution is -2.21. The molecule has 5 aromatic heterocycles. The van der Waals surface area contributed by atoms with Gasteiger partial charge < -0.3 is 19.1 Å². The van der Waals surface area contributed by atoms with Crippen molar-refractivity contribution in [2.45, 2.75) is 19.9 Å². The molecule has 2 N–H and O–H groups in total. The van der Waals surface area contributed by atoms with E-state index in [1.165, 1.54) is 6.07 Å². The fourth-order valence-electron chi connectivity index (χ4n) is 3.73. The van der Waals surface area contributed by atoms with Crippen LogP contribution in [0.25, 0.3) is 44.6 Å². The zero-order valence-electron chi connectivity index (χ0n) is 16.7. The molecule has 0 radical (unpaired) electrons. The number of carboxylic acids is 1. The minimum Gasteiger partial charge on any atom is -0.481 e. The molecular formula is C22H18FN5O3. The maximum atomic E-state index is 13.8. The van der Waals surface area contributed by atoms with Crippen LogP contribution < -0.4 is 0 Å². The number of rotatable bonds is 5. The number of aromatic nitrogens is 5. The molecule has 31 heavy (non-hydrogen) atoms. The van der Waals surface area contributed by atoms with Crippen LogP contribution in [-0.2, 0) is 4.79 Å². The summed E-state index contributed by atoms with van der Waals surface area (Å²) in [6, 6.07) is 2.84. The van der Waals surface area contributed by atoms with Crippen molar-refractivity contribution in [3.63, 3.8) is 0 Å². The van der Waals surface area contributed by atoms with Gasteiger partial charge in [-0.15, -0.1) is 0 Å². The van der Waals surface area contributed by atoms with Gasteiger partial charge in [0.05, 0.1) is 24.6 Å². The van der Waals surface area contributed by atoms with Crippen LogP contribution in [-0.4, -0.2) is 35.6 Å². The molecular weight excluding hydrogens is 401 g/mol. The zero-order valence-corrected chi connectivity index (χ0v) is 16.7. The van der Waals surface area contributed by atoms with E-state index in [1.54, 1.807) is 31.8 Å². The first-order valence-electron chi connectivity index (χ1n) is 9.70. The molecule has 9 heteroatoms. The number of furan rings is 1. The minimum atomic E-state index is -0.897. The van der Waals surface area contributed by atoms with Crippen LogP contribution in [0.15, 0.2) is 53.9 Å². The summed E-state index contributed by atoms with van der Waals surface area (Å²) in [5, 5.41) is 10.8. The molecule has 0 saturated heterocycles. The zero-order chi connectivity index (χ0) is 21.7. The molecule has 5 aromatic rings. The SMILES string of the molecule is C[C@H]([C@@H](C)C(=O)O)n1cc(-c2ccoc2)c2cnc(-c3c[nH]c4ncc(F)cc34)nc21. The van der Waals surface area contributed by atoms with Gasteiger partial charge >= 0.3 is 5.97 Å². The molecule has 0 aliphatic rings. The van der Waals surface area contributed by atoms with Gasteiger partial charge in [0.15, 0.2) is 5.82 Å². The van der Waals surface area contributed by atoms with E-state index in [9.17, 15) is 14.3 Å². The summed E-state index contributed by atoms with van der Waals surface area (Å²) < 4.78 is 20.8. The second kappa shape index (κ2) is 7.05. The topological polar surface area (TPSA) is 110 Å². The van der Waals surface area contributed by atoms with Gasteiger partial charge in [-0.25, -0.2) is 19.3 Å². The Morgan fingerprint density at radius 1 is 1.23 bits per heavy atom. The summed E-state index contributed by atoms with van der Waals surface area (Å²) in [4.78, 5) is 27.9. The van der Waals surface area contributed by atoms with Gasteiger partial charge in [0, 0.05) is 52.1 Å². The van der Waals surface area contributed by atoms with Gasteiger partial charge in [-0.3, -0.25) is 4.79 Å². The van der Waals surface area contributed by atoms with Crippen molar-refractivity contribution in [3.8, 4) is 22.5 Å². The number of halogens is 1. The molecule has 0 aromatic carbocycles. The van der Waals surface area contributed by atoms with E-state index in [1.807, 2.05) is 23.8 Å². The number of pyridine rings is 1. The molecule has 2 atom stereocenters. The summed E-state index contributed by atoms with van der Waals surface area (Å²) in [5.74, 6) is -1.60. The van der Waals surface area contributed by atoms with Gasteiger partial charge in [-0.05, 0) is 26.0 Å². The molecule has 0 aliphatic heterocycles. The van der Waals surface area contributed by atoms with E-state index in [0.29, 0.717) is 28.1 Å². The van der Waals surface area contributed by atoms with E-state index < -0.39 is 17.7 Å². The number of fused-ring (bicyclic) bond motifs is 2. The number of carbonyl (C=O) groups is 1. The predicted octanol–water partition coefficient (Wildman–Crippen LogP) is 4.66. The number of nitrogens with one attached hydrogen (secondary N) is 1. The maximum Gasteiger partial charge on any atom is 0.308 e. The third kappa shape index (κ3) is 3.05. The molecule has 0 unspecified atom stereocenters. The molecule has 0 amide bonds. The monoisotopic (exact) mass is 419 g/mol. The Kier molecular flexibility index (Phi) is 4.32. The fraction of sp³-hybridized carbons (Fsp3) is 0.182. The van der Waals surface area contributed by atoms with Crippen molar-refractivity contribution in [1.82, 2.24) is 24.5 Å². The summed E-state index contributed by atoms with van der Waals surface area (Å²) in [6.07, 6.45) is 9.58. The van der Waals surface area contributed by atoms with Crippen LogP contribution in [0.1, 0.15) is 19.9 Å². The molecule has 0 saturated carbocycles. The lowest BCUT2D eigenvalue weighted by molar-refractivity contribution is -0.142. The Bertz CT molecular complexity index is 1420. The van der Waals surface area contributed by atoms with Gasteiger partial charge in [-0.2, -0.15) is 0 Å². The number of H-pyrrole nitrogens is 1. The van der Waals surface area contributed by atoms with E-state index in [0.717, 1.165) is 22.7 Å². The van der Waals surface area contributed by atoms with Crippen molar-refractivity contribution >= 4 is 28.0 Å². The van der Waals surface area contributed by atoms with Crippen LogP contribution in [0.3, 0.4) is 0 Å². The molecule has 0 fully saturated rings. The number of hydrogen-bond donors (Lipinski definition) is 2. The minimum absolute atomic E-state index is 0.370. The van der Waals surface area contributed by atoms with Crippen molar-refractivity contribution in [1.29, 1.82) is 0 Å². The maximum absolute atomic E-state index is 13.8. The van der Waals surface area contributed by atoms with Gasteiger partial charge in [-0.1, -0.05) is 0 Å². The van der Waals surface area contributed by atoms with Crippen LogP contribution in [0.4, 0.5) is 4.39 Å². The Balaban J connectivity index is 1.74. The molecule has 8 nitrogen and oxygen atoms in total. The largest absolute Gasteiger partial charge is 0.481 e. The van der Waals surface area contributed by atoms with Crippen molar-refractivity contribution in [3.05, 3.63) is 55.3 Å². The highest BCUT2D eigenvalue weighted by molar-refractivity contribution is 5.96. The second-order valence-corrected chi connectivity index (χ2v) is 7.51. The summed E-state index contributed by atoms with van der Waals surface area (Å²) in [7, 11) is 0. The van der Waals surface area contributed by atoms with Gasteiger partial charge in [0.2, 0.25) is 0 Å². The van der Waals surface area contributed by atoms with Crippen molar-refractivity contribution < 1.29 is 18.7 Å². The Morgan fingerprint density at radius 3 is 2.81 bits per heavy atom. The van der Waals surface area contributed by atoms with E-state index >= 15 is 0 Å². The van der Waals surface area contributed by atoms with Gasteiger partial charge in [0.25, 0.3) is 0 Å². The standard InChI is InChI=1S/C22H18FN5O3/c1-11(22(29)30)12(2)28-9-18(13-3-4-31-10-13)17-8-26-20(27-21(17)28)16-7-25-19-15(16)5-14(23)6-24-19/h3-12H,1-2H3,(H,24,25)(H,29,30)/t11-,12-/m1/s1. The lowest BCUT2D eigenvalue weighted by atomic mass is 10.0.